The zero-order valence-electron chi connectivity index (χ0n) is 15.9. The molecule has 0 aliphatic carbocycles. The van der Waals surface area contributed by atoms with Gasteiger partial charge in [-0.25, -0.2) is 17.8 Å². The van der Waals surface area contributed by atoms with Crippen molar-refractivity contribution in [2.75, 3.05) is 4.72 Å². The van der Waals surface area contributed by atoms with Crippen molar-refractivity contribution in [3.05, 3.63) is 69.7 Å². The van der Waals surface area contributed by atoms with Crippen LogP contribution in [0.5, 0.6) is 5.75 Å². The summed E-state index contributed by atoms with van der Waals surface area (Å²) in [5, 5.41) is 0.991. The van der Waals surface area contributed by atoms with Gasteiger partial charge in [-0.3, -0.25) is 9.52 Å². The Balaban J connectivity index is 1.68. The Labute approximate surface area is 192 Å². The molecule has 33 heavy (non-hydrogen) atoms. The Morgan fingerprint density at radius 3 is 2.45 bits per heavy atom. The largest absolute Gasteiger partial charge is 0.573 e. The van der Waals surface area contributed by atoms with Gasteiger partial charge in [-0.05, 0) is 35.9 Å². The first-order valence-corrected chi connectivity index (χ1v) is 11.3. The van der Waals surface area contributed by atoms with Crippen molar-refractivity contribution < 1.29 is 39.9 Å². The number of aromatic nitrogens is 1. The lowest BCUT2D eigenvalue weighted by Gasteiger charge is -2.12. The van der Waals surface area contributed by atoms with Crippen LogP contribution in [-0.4, -0.2) is 25.7 Å². The molecule has 0 radical (unpaired) electrons. The van der Waals surface area contributed by atoms with E-state index in [4.69, 9.17) is 11.6 Å². The molecule has 0 saturated heterocycles. The average molecular weight is 528 g/mol. The van der Waals surface area contributed by atoms with Crippen LogP contribution in [0.15, 0.2) is 47.5 Å². The fourth-order valence-corrected chi connectivity index (χ4v) is 4.50. The Bertz CT molecular complexity index is 1300. The molecule has 1 amide bonds. The molecule has 1 heterocycles. The highest BCUT2D eigenvalue weighted by Crippen LogP contribution is 2.30. The predicted octanol–water partition coefficient (Wildman–Crippen LogP) is 4.70. The van der Waals surface area contributed by atoms with E-state index in [1.165, 1.54) is 6.07 Å². The second kappa shape index (κ2) is 9.49. The fraction of sp³-hybridized carbons (Fsp3) is 0.111. The van der Waals surface area contributed by atoms with Gasteiger partial charge in [0.2, 0.25) is 0 Å². The van der Waals surface area contributed by atoms with Crippen LogP contribution in [-0.2, 0) is 16.6 Å². The van der Waals surface area contributed by atoms with E-state index >= 15 is 0 Å². The van der Waals surface area contributed by atoms with E-state index < -0.39 is 49.4 Å². The molecule has 2 N–H and O–H groups in total. The minimum atomic E-state index is -4.93. The van der Waals surface area contributed by atoms with E-state index in [-0.39, 0.29) is 16.7 Å². The number of alkyl halides is 3. The van der Waals surface area contributed by atoms with Gasteiger partial charge in [0, 0.05) is 6.54 Å². The predicted molar refractivity (Wildman–Crippen MR) is 109 cm³/mol. The van der Waals surface area contributed by atoms with Crippen molar-refractivity contribution in [1.29, 1.82) is 0 Å². The fourth-order valence-electron chi connectivity index (χ4n) is 2.46. The summed E-state index contributed by atoms with van der Waals surface area (Å²) in [6.07, 6.45) is -4.12. The number of rotatable bonds is 7. The maximum atomic E-state index is 14.4. The quantitative estimate of drug-likeness (QED) is 0.434. The van der Waals surface area contributed by atoms with Crippen LogP contribution in [0.4, 0.5) is 27.1 Å². The zero-order valence-corrected chi connectivity index (χ0v) is 18.3. The molecule has 1 aromatic heterocycles. The van der Waals surface area contributed by atoms with Crippen molar-refractivity contribution >= 4 is 44.0 Å². The number of amides is 1. The molecule has 176 valence electrons. The number of ether oxygens (including phenoxy) is 1. The highest BCUT2D eigenvalue weighted by molar-refractivity contribution is 7.93. The van der Waals surface area contributed by atoms with Gasteiger partial charge >= 0.3 is 6.36 Å². The summed E-state index contributed by atoms with van der Waals surface area (Å²) in [5.41, 5.74) is -0.195. The monoisotopic (exact) mass is 527 g/mol. The van der Waals surface area contributed by atoms with Crippen molar-refractivity contribution in [1.82, 2.24) is 10.3 Å². The van der Waals surface area contributed by atoms with Gasteiger partial charge in [0.1, 0.15) is 11.6 Å². The van der Waals surface area contributed by atoms with Gasteiger partial charge in [-0.1, -0.05) is 29.0 Å². The third-order valence-corrected chi connectivity index (χ3v) is 6.33. The number of carbonyl (C=O) groups excluding carboxylic acids is 1. The van der Waals surface area contributed by atoms with Gasteiger partial charge in [-0.15, -0.1) is 13.2 Å². The lowest BCUT2D eigenvalue weighted by molar-refractivity contribution is -0.274. The molecule has 3 rings (SSSR count). The number of sulfonamides is 1. The minimum Gasteiger partial charge on any atom is -0.404 e. The highest BCUT2D eigenvalue weighted by atomic mass is 35.5. The highest BCUT2D eigenvalue weighted by Gasteiger charge is 2.32. The molecule has 0 saturated carbocycles. The number of halogens is 6. The SMILES string of the molecule is O=C(NCc1ccc(OC(F)(F)F)c(Cl)c1)c1ccc(S(=O)(=O)Nc2ncc(F)s2)cc1F. The van der Waals surface area contributed by atoms with Crippen molar-refractivity contribution in [2.24, 2.45) is 0 Å². The number of nitrogens with zero attached hydrogens (tertiary/aromatic N) is 1. The number of hydrogen-bond acceptors (Lipinski definition) is 6. The Hall–Kier alpha value is -2.97. The summed E-state index contributed by atoms with van der Waals surface area (Å²) < 4.78 is 94.5. The minimum absolute atomic E-state index is 0.221. The zero-order chi connectivity index (χ0) is 24.4. The second-order valence-electron chi connectivity index (χ2n) is 6.21. The Kier molecular flexibility index (Phi) is 7.09. The van der Waals surface area contributed by atoms with Crippen LogP contribution in [0, 0.1) is 10.9 Å². The molecular formula is C18H11ClF5N3O4S2. The molecule has 2 aromatic carbocycles. The number of benzene rings is 2. The standard InChI is InChI=1S/C18H11ClF5N3O4S2/c19-12-5-9(1-4-14(12)31-18(22,23)24)7-25-16(28)11-3-2-10(6-13(11)20)33(29,30)27-17-26-8-15(21)32-17/h1-6,8H,7H2,(H,25,28)(H,26,27). The van der Waals surface area contributed by atoms with Crippen molar-refractivity contribution in [3.8, 4) is 5.75 Å². The van der Waals surface area contributed by atoms with Crippen LogP contribution in [0.1, 0.15) is 15.9 Å². The van der Waals surface area contributed by atoms with Crippen LogP contribution in [0.2, 0.25) is 5.02 Å². The molecule has 0 fully saturated rings. The third-order valence-electron chi connectivity index (χ3n) is 3.87. The average Bonchev–Trinajstić information content (AvgIpc) is 3.10. The molecule has 0 bridgehead atoms. The van der Waals surface area contributed by atoms with E-state index in [1.54, 1.807) is 0 Å². The molecule has 0 aliphatic rings. The normalized spacial score (nSPS) is 11.8. The second-order valence-corrected chi connectivity index (χ2v) is 9.28. The van der Waals surface area contributed by atoms with Crippen molar-refractivity contribution in [2.45, 2.75) is 17.8 Å². The lowest BCUT2D eigenvalue weighted by atomic mass is 10.1. The number of nitrogens with one attached hydrogen (secondary N) is 2. The summed E-state index contributed by atoms with van der Waals surface area (Å²) in [7, 11) is -4.29. The van der Waals surface area contributed by atoms with E-state index in [0.717, 1.165) is 30.5 Å². The van der Waals surface area contributed by atoms with E-state index in [2.05, 4.69) is 15.0 Å². The topological polar surface area (TPSA) is 97.4 Å². The third kappa shape index (κ3) is 6.52. The number of hydrogen-bond donors (Lipinski definition) is 2. The number of thiazole rings is 1. The first kappa shape index (κ1) is 24.7. The van der Waals surface area contributed by atoms with Crippen LogP contribution >= 0.6 is 22.9 Å². The Morgan fingerprint density at radius 2 is 1.88 bits per heavy atom. The van der Waals surface area contributed by atoms with Gasteiger partial charge < -0.3 is 10.1 Å². The summed E-state index contributed by atoms with van der Waals surface area (Å²) in [6, 6.07) is 5.79. The summed E-state index contributed by atoms with van der Waals surface area (Å²) in [6.45, 7) is -0.221. The molecule has 0 aliphatic heterocycles. The van der Waals surface area contributed by atoms with Crippen LogP contribution < -0.4 is 14.8 Å². The van der Waals surface area contributed by atoms with E-state index in [1.807, 2.05) is 4.72 Å². The maximum Gasteiger partial charge on any atom is 0.573 e. The number of carbonyl (C=O) groups is 1. The van der Waals surface area contributed by atoms with Crippen LogP contribution in [0.3, 0.4) is 0 Å². The first-order chi connectivity index (χ1) is 15.3. The summed E-state index contributed by atoms with van der Waals surface area (Å²) in [5.74, 6) is -2.71. The molecule has 0 atom stereocenters. The van der Waals surface area contributed by atoms with Gasteiger partial charge in [0.25, 0.3) is 15.9 Å². The maximum absolute atomic E-state index is 14.4. The van der Waals surface area contributed by atoms with Crippen LogP contribution in [0.25, 0.3) is 0 Å². The summed E-state index contributed by atoms with van der Waals surface area (Å²) in [4.78, 5) is 15.2. The smallest absolute Gasteiger partial charge is 0.404 e. The molecule has 0 spiro atoms. The van der Waals surface area contributed by atoms with Gasteiger partial charge in [0.05, 0.1) is 21.7 Å². The molecule has 15 heteroatoms. The van der Waals surface area contributed by atoms with Crippen molar-refractivity contribution in [3.63, 3.8) is 0 Å². The molecule has 7 nitrogen and oxygen atoms in total. The Morgan fingerprint density at radius 1 is 1.15 bits per heavy atom. The molecule has 3 aromatic rings. The number of anilines is 1. The first-order valence-electron chi connectivity index (χ1n) is 8.60. The lowest BCUT2D eigenvalue weighted by Crippen LogP contribution is -2.24. The molecule has 0 unspecified atom stereocenters. The van der Waals surface area contributed by atoms with E-state index in [9.17, 15) is 35.2 Å². The molecular weight excluding hydrogens is 517 g/mol. The summed E-state index contributed by atoms with van der Waals surface area (Å²) >= 11 is 6.16. The van der Waals surface area contributed by atoms with Gasteiger partial charge in [0.15, 0.2) is 10.3 Å². The van der Waals surface area contributed by atoms with Gasteiger partial charge in [-0.2, -0.15) is 4.39 Å². The van der Waals surface area contributed by atoms with E-state index in [0.29, 0.717) is 23.0 Å².